The third kappa shape index (κ3) is 5.01. The molecule has 25 heavy (non-hydrogen) atoms. The Morgan fingerprint density at radius 2 is 1.72 bits per heavy atom. The monoisotopic (exact) mass is 356 g/mol. The number of furan rings is 1. The van der Waals surface area contributed by atoms with Crippen LogP contribution in [-0.4, -0.2) is 23.5 Å². The van der Waals surface area contributed by atoms with E-state index in [-0.39, 0.29) is 18.8 Å². The molecule has 0 saturated heterocycles. The maximum atomic E-state index is 12.9. The molecule has 1 aromatic carbocycles. The Labute approximate surface area is 148 Å². The van der Waals surface area contributed by atoms with Crippen LogP contribution in [0.1, 0.15) is 17.0 Å². The lowest BCUT2D eigenvalue weighted by molar-refractivity contribution is 0.355. The highest BCUT2D eigenvalue weighted by atomic mass is 32.2. The molecule has 0 atom stereocenters. The van der Waals surface area contributed by atoms with Crippen molar-refractivity contribution in [1.29, 1.82) is 0 Å². The molecule has 0 saturated carbocycles. The van der Waals surface area contributed by atoms with Crippen LogP contribution in [0.5, 0.6) is 0 Å². The Kier molecular flexibility index (Phi) is 5.63. The van der Waals surface area contributed by atoms with Gasteiger partial charge in [-0.1, -0.05) is 36.4 Å². The highest BCUT2D eigenvalue weighted by Crippen LogP contribution is 2.15. The molecular weight excluding hydrogens is 336 g/mol. The first-order valence-corrected chi connectivity index (χ1v) is 9.68. The zero-order chi connectivity index (χ0) is 17.5. The van der Waals surface area contributed by atoms with E-state index in [4.69, 9.17) is 4.42 Å². The maximum Gasteiger partial charge on any atom is 0.215 e. The Balaban J connectivity index is 1.76. The minimum Gasteiger partial charge on any atom is -0.468 e. The number of sulfonamides is 1. The molecule has 2 heterocycles. The van der Waals surface area contributed by atoms with Crippen LogP contribution in [0.3, 0.4) is 0 Å². The summed E-state index contributed by atoms with van der Waals surface area (Å²) >= 11 is 0. The summed E-state index contributed by atoms with van der Waals surface area (Å²) in [7, 11) is -3.46. The van der Waals surface area contributed by atoms with Crippen molar-refractivity contribution in [3.8, 4) is 0 Å². The van der Waals surface area contributed by atoms with Gasteiger partial charge in [-0.25, -0.2) is 8.42 Å². The average Bonchev–Trinajstić information content (AvgIpc) is 3.15. The van der Waals surface area contributed by atoms with E-state index in [1.807, 2.05) is 48.5 Å². The van der Waals surface area contributed by atoms with E-state index >= 15 is 0 Å². The van der Waals surface area contributed by atoms with E-state index < -0.39 is 10.0 Å². The van der Waals surface area contributed by atoms with Gasteiger partial charge in [0, 0.05) is 6.20 Å². The molecule has 0 bridgehead atoms. The fourth-order valence-electron chi connectivity index (χ4n) is 2.52. The van der Waals surface area contributed by atoms with Gasteiger partial charge in [-0.05, 0) is 36.2 Å². The van der Waals surface area contributed by atoms with Crippen molar-refractivity contribution in [3.05, 3.63) is 90.1 Å². The summed E-state index contributed by atoms with van der Waals surface area (Å²) in [6.45, 7) is 0.416. The van der Waals surface area contributed by atoms with Crippen LogP contribution >= 0.6 is 0 Å². The topological polar surface area (TPSA) is 63.4 Å². The van der Waals surface area contributed by atoms with Crippen molar-refractivity contribution >= 4 is 10.0 Å². The molecule has 0 fully saturated rings. The van der Waals surface area contributed by atoms with Gasteiger partial charge in [0.15, 0.2) is 0 Å². The number of nitrogens with zero attached hydrogens (tertiary/aromatic N) is 2. The summed E-state index contributed by atoms with van der Waals surface area (Å²) in [5.74, 6) is 0.657. The lowest BCUT2D eigenvalue weighted by Crippen LogP contribution is -2.33. The third-order valence-electron chi connectivity index (χ3n) is 3.86. The van der Waals surface area contributed by atoms with Crippen LogP contribution in [0.25, 0.3) is 0 Å². The minimum absolute atomic E-state index is 0.0462. The summed E-state index contributed by atoms with van der Waals surface area (Å²) in [6, 6.07) is 18.6. The molecule has 5 nitrogen and oxygen atoms in total. The van der Waals surface area contributed by atoms with Crippen molar-refractivity contribution in [2.75, 3.05) is 5.75 Å². The first-order valence-electron chi connectivity index (χ1n) is 8.07. The molecule has 0 aliphatic rings. The van der Waals surface area contributed by atoms with E-state index in [2.05, 4.69) is 4.98 Å². The van der Waals surface area contributed by atoms with E-state index in [0.29, 0.717) is 17.9 Å². The van der Waals surface area contributed by atoms with Crippen LogP contribution in [0.4, 0.5) is 0 Å². The number of aromatic nitrogens is 1. The van der Waals surface area contributed by atoms with E-state index in [1.54, 1.807) is 24.6 Å². The minimum atomic E-state index is -3.46. The molecule has 130 valence electrons. The molecule has 6 heteroatoms. The normalized spacial score (nSPS) is 11.7. The average molecular weight is 356 g/mol. The largest absolute Gasteiger partial charge is 0.468 e. The predicted octanol–water partition coefficient (Wildman–Crippen LogP) is 3.25. The third-order valence-corrected chi connectivity index (χ3v) is 5.63. The van der Waals surface area contributed by atoms with Gasteiger partial charge in [0.05, 0.1) is 30.8 Å². The molecule has 0 aliphatic heterocycles. The number of hydrogen-bond acceptors (Lipinski definition) is 4. The predicted molar refractivity (Wildman–Crippen MR) is 96.1 cm³/mol. The molecule has 0 aliphatic carbocycles. The highest BCUT2D eigenvalue weighted by Gasteiger charge is 2.24. The van der Waals surface area contributed by atoms with E-state index in [1.165, 1.54) is 4.31 Å². The molecule has 0 radical (unpaired) electrons. The summed E-state index contributed by atoms with van der Waals surface area (Å²) in [5.41, 5.74) is 1.71. The van der Waals surface area contributed by atoms with Crippen LogP contribution in [-0.2, 0) is 29.5 Å². The van der Waals surface area contributed by atoms with Crippen molar-refractivity contribution in [2.24, 2.45) is 0 Å². The van der Waals surface area contributed by atoms with Gasteiger partial charge in [-0.15, -0.1) is 0 Å². The van der Waals surface area contributed by atoms with E-state index in [0.717, 1.165) is 5.56 Å². The lowest BCUT2D eigenvalue weighted by atomic mass is 10.2. The molecule has 3 rings (SSSR count). The van der Waals surface area contributed by atoms with E-state index in [9.17, 15) is 8.42 Å². The van der Waals surface area contributed by atoms with Crippen LogP contribution < -0.4 is 0 Å². The van der Waals surface area contributed by atoms with Gasteiger partial charge < -0.3 is 4.42 Å². The number of rotatable bonds is 8. The molecule has 3 aromatic rings. The molecule has 2 aromatic heterocycles. The van der Waals surface area contributed by atoms with Gasteiger partial charge in [-0.2, -0.15) is 4.31 Å². The molecule has 0 N–H and O–H groups in total. The summed E-state index contributed by atoms with van der Waals surface area (Å²) in [5, 5.41) is 0. The zero-order valence-electron chi connectivity index (χ0n) is 13.8. The SMILES string of the molecule is O=S(=O)(CCc1ccccc1)N(Cc1ccccn1)Cc1ccco1. The standard InChI is InChI=1S/C19H20N2O3S/c22-25(23,14-11-17-7-2-1-3-8-17)21(16-19-10-6-13-24-19)15-18-9-4-5-12-20-18/h1-10,12-13H,11,14-16H2. The fourth-order valence-corrected chi connectivity index (χ4v) is 3.93. The number of benzene rings is 1. The van der Waals surface area contributed by atoms with Gasteiger partial charge in [0.25, 0.3) is 0 Å². The molecule has 0 unspecified atom stereocenters. The van der Waals surface area contributed by atoms with Crippen LogP contribution in [0.15, 0.2) is 77.5 Å². The first-order chi connectivity index (χ1) is 12.1. The number of pyridine rings is 1. The second-order valence-corrected chi connectivity index (χ2v) is 7.81. The fraction of sp³-hybridized carbons (Fsp3) is 0.211. The first kappa shape index (κ1) is 17.4. The van der Waals surface area contributed by atoms with Crippen molar-refractivity contribution in [3.63, 3.8) is 0 Å². The molecular formula is C19H20N2O3S. The second-order valence-electron chi connectivity index (χ2n) is 5.72. The number of hydrogen-bond donors (Lipinski definition) is 0. The lowest BCUT2D eigenvalue weighted by Gasteiger charge is -2.21. The Hall–Kier alpha value is -2.44. The van der Waals surface area contributed by atoms with Crippen molar-refractivity contribution in [2.45, 2.75) is 19.5 Å². The quantitative estimate of drug-likeness (QED) is 0.621. The highest BCUT2D eigenvalue weighted by molar-refractivity contribution is 7.89. The summed E-state index contributed by atoms with van der Waals surface area (Å²) in [6.07, 6.45) is 3.68. The summed E-state index contributed by atoms with van der Waals surface area (Å²) in [4.78, 5) is 4.24. The maximum absolute atomic E-state index is 12.9. The van der Waals surface area contributed by atoms with Gasteiger partial charge in [-0.3, -0.25) is 4.98 Å². The molecule has 0 amide bonds. The van der Waals surface area contributed by atoms with Crippen molar-refractivity contribution in [1.82, 2.24) is 9.29 Å². The number of aryl methyl sites for hydroxylation is 1. The Morgan fingerprint density at radius 3 is 2.40 bits per heavy atom. The van der Waals surface area contributed by atoms with Gasteiger partial charge >= 0.3 is 0 Å². The van der Waals surface area contributed by atoms with Crippen LogP contribution in [0, 0.1) is 0 Å². The van der Waals surface area contributed by atoms with Crippen LogP contribution in [0.2, 0.25) is 0 Å². The van der Waals surface area contributed by atoms with Crippen molar-refractivity contribution < 1.29 is 12.8 Å². The Morgan fingerprint density at radius 1 is 0.920 bits per heavy atom. The van der Waals surface area contributed by atoms with Gasteiger partial charge in [0.1, 0.15) is 5.76 Å². The second kappa shape index (κ2) is 8.09. The molecule has 0 spiro atoms. The smallest absolute Gasteiger partial charge is 0.215 e. The zero-order valence-corrected chi connectivity index (χ0v) is 14.6. The summed E-state index contributed by atoms with van der Waals surface area (Å²) < 4.78 is 32.5. The van der Waals surface area contributed by atoms with Gasteiger partial charge in [0.2, 0.25) is 10.0 Å². The Bertz CT molecular complexity index is 864.